The fourth-order valence-electron chi connectivity index (χ4n) is 1.25. The number of nitrogens with one attached hydrogen (secondary N) is 1. The summed E-state index contributed by atoms with van der Waals surface area (Å²) in [7, 11) is 0. The lowest BCUT2D eigenvalue weighted by Crippen LogP contribution is -2.02. The van der Waals surface area contributed by atoms with E-state index in [2.05, 4.69) is 9.71 Å². The molecule has 0 bridgehead atoms. The molecule has 1 N–H and O–H groups in total. The van der Waals surface area contributed by atoms with E-state index in [9.17, 15) is 13.2 Å². The third-order valence-electron chi connectivity index (χ3n) is 1.84. The Bertz CT molecular complexity index is 533. The zero-order chi connectivity index (χ0) is 10.8. The highest BCUT2D eigenvalue weighted by molar-refractivity contribution is 7.80. The lowest BCUT2D eigenvalue weighted by atomic mass is 10.2. The number of anilines is 1. The predicted molar refractivity (Wildman–Crippen MR) is 54.2 cm³/mol. The number of aromatic nitrogens is 1. The minimum atomic E-state index is -2.40. The molecule has 2 aromatic rings. The van der Waals surface area contributed by atoms with Crippen LogP contribution in [-0.2, 0) is 11.3 Å². The van der Waals surface area contributed by atoms with Crippen molar-refractivity contribution in [2.24, 2.45) is 0 Å². The largest absolute Gasteiger partial charge is 0.755 e. The Kier molecular flexibility index (Phi) is 2.61. The summed E-state index contributed by atoms with van der Waals surface area (Å²) in [6, 6.07) is 5.64. The van der Waals surface area contributed by atoms with Crippen molar-refractivity contribution in [1.29, 1.82) is 0 Å². The van der Waals surface area contributed by atoms with Gasteiger partial charge in [-0.2, -0.15) is 0 Å². The molecule has 0 aliphatic rings. The Labute approximate surface area is 87.6 Å². The van der Waals surface area contributed by atoms with E-state index < -0.39 is 11.3 Å². The first-order valence-electron chi connectivity index (χ1n) is 4.06. The first-order valence-corrected chi connectivity index (χ1v) is 5.14. The third-order valence-corrected chi connectivity index (χ3v) is 2.25. The molecule has 6 heteroatoms. The zero-order valence-electron chi connectivity index (χ0n) is 7.44. The molecule has 78 valence electrons. The number of benzene rings is 1. The van der Waals surface area contributed by atoms with Gasteiger partial charge in [0.25, 0.3) is 0 Å². The predicted octanol–water partition coefficient (Wildman–Crippen LogP) is 1.58. The summed E-state index contributed by atoms with van der Waals surface area (Å²) in [4.78, 5) is 3.97. The topological polar surface area (TPSA) is 65.0 Å². The van der Waals surface area contributed by atoms with Crippen molar-refractivity contribution >= 4 is 27.9 Å². The van der Waals surface area contributed by atoms with Crippen LogP contribution in [0.25, 0.3) is 10.9 Å². The maximum Gasteiger partial charge on any atom is 0.123 e. The van der Waals surface area contributed by atoms with Gasteiger partial charge in [0.05, 0.1) is 17.4 Å². The molecule has 0 saturated carbocycles. The van der Waals surface area contributed by atoms with Gasteiger partial charge >= 0.3 is 0 Å². The van der Waals surface area contributed by atoms with Crippen LogP contribution in [0.3, 0.4) is 0 Å². The van der Waals surface area contributed by atoms with E-state index in [1.165, 1.54) is 30.5 Å². The highest BCUT2D eigenvalue weighted by atomic mass is 32.2. The van der Waals surface area contributed by atoms with Crippen molar-refractivity contribution in [2.45, 2.75) is 0 Å². The average Bonchev–Trinajstić information content (AvgIpc) is 2.16. The van der Waals surface area contributed by atoms with Crippen LogP contribution < -0.4 is 4.72 Å². The minimum absolute atomic E-state index is 0.307. The molecule has 2 rings (SSSR count). The van der Waals surface area contributed by atoms with Crippen LogP contribution in [0, 0.1) is 5.82 Å². The normalized spacial score (nSPS) is 12.7. The second kappa shape index (κ2) is 3.92. The number of rotatable bonds is 2. The summed E-state index contributed by atoms with van der Waals surface area (Å²) < 4.78 is 35.7. The molecule has 1 heterocycles. The Balaban J connectivity index is 2.49. The number of hydrogen-bond acceptors (Lipinski definition) is 3. The van der Waals surface area contributed by atoms with E-state index in [1.54, 1.807) is 0 Å². The second-order valence-corrected chi connectivity index (χ2v) is 3.57. The van der Waals surface area contributed by atoms with Gasteiger partial charge in [-0.15, -0.1) is 0 Å². The maximum atomic E-state index is 12.9. The van der Waals surface area contributed by atoms with E-state index in [4.69, 9.17) is 0 Å². The Morgan fingerprint density at radius 1 is 1.40 bits per heavy atom. The molecule has 15 heavy (non-hydrogen) atoms. The van der Waals surface area contributed by atoms with Gasteiger partial charge in [-0.1, -0.05) is 0 Å². The van der Waals surface area contributed by atoms with Gasteiger partial charge in [0.1, 0.15) is 5.82 Å². The average molecular weight is 225 g/mol. The van der Waals surface area contributed by atoms with Gasteiger partial charge in [0, 0.05) is 16.7 Å². The van der Waals surface area contributed by atoms with Crippen LogP contribution in [-0.4, -0.2) is 13.7 Å². The van der Waals surface area contributed by atoms with E-state index in [-0.39, 0.29) is 5.82 Å². The summed E-state index contributed by atoms with van der Waals surface area (Å²) in [5, 5.41) is 0.547. The molecule has 1 aromatic carbocycles. The molecule has 0 saturated heterocycles. The number of fused-ring (bicyclic) bond motifs is 1. The Hall–Kier alpha value is -1.53. The zero-order valence-corrected chi connectivity index (χ0v) is 8.25. The summed E-state index contributed by atoms with van der Waals surface area (Å²) in [6.45, 7) is 0. The summed E-state index contributed by atoms with van der Waals surface area (Å²) in [6.07, 6.45) is 1.37. The molecule has 0 amide bonds. The molecule has 0 fully saturated rings. The van der Waals surface area contributed by atoms with Crippen molar-refractivity contribution in [2.75, 3.05) is 4.72 Å². The molecule has 0 radical (unpaired) electrons. The van der Waals surface area contributed by atoms with Crippen molar-refractivity contribution in [3.05, 3.63) is 36.3 Å². The van der Waals surface area contributed by atoms with Crippen molar-refractivity contribution < 1.29 is 13.2 Å². The van der Waals surface area contributed by atoms with Crippen LogP contribution in [0.2, 0.25) is 0 Å². The Morgan fingerprint density at radius 3 is 2.93 bits per heavy atom. The first-order chi connectivity index (χ1) is 7.15. The smallest absolute Gasteiger partial charge is 0.123 e. The number of pyridine rings is 1. The van der Waals surface area contributed by atoms with Crippen LogP contribution in [0.15, 0.2) is 30.5 Å². The molecule has 1 aromatic heterocycles. The molecule has 0 aliphatic carbocycles. The van der Waals surface area contributed by atoms with Gasteiger partial charge in [-0.25, -0.2) is 4.39 Å². The summed E-state index contributed by atoms with van der Waals surface area (Å²) in [5.74, 6) is -0.385. The lowest BCUT2D eigenvalue weighted by molar-refractivity contribution is 0.542. The van der Waals surface area contributed by atoms with Crippen molar-refractivity contribution in [1.82, 2.24) is 4.98 Å². The van der Waals surface area contributed by atoms with Gasteiger partial charge < -0.3 is 9.27 Å². The summed E-state index contributed by atoms with van der Waals surface area (Å²) in [5.41, 5.74) is 0.917. The number of halogens is 1. The number of nitrogens with zero attached hydrogens (tertiary/aromatic N) is 1. The maximum absolute atomic E-state index is 12.9. The van der Waals surface area contributed by atoms with E-state index >= 15 is 0 Å². The van der Waals surface area contributed by atoms with Crippen LogP contribution in [0.4, 0.5) is 10.1 Å². The minimum Gasteiger partial charge on any atom is -0.755 e. The van der Waals surface area contributed by atoms with E-state index in [0.29, 0.717) is 16.6 Å². The van der Waals surface area contributed by atoms with E-state index in [0.717, 1.165) is 0 Å². The van der Waals surface area contributed by atoms with Crippen LogP contribution in [0.1, 0.15) is 0 Å². The fourth-order valence-corrected chi connectivity index (χ4v) is 1.56. The quantitative estimate of drug-likeness (QED) is 0.789. The fraction of sp³-hybridized carbons (Fsp3) is 0. The molecule has 0 spiro atoms. The monoisotopic (exact) mass is 225 g/mol. The van der Waals surface area contributed by atoms with E-state index in [1.807, 2.05) is 0 Å². The highest BCUT2D eigenvalue weighted by Crippen LogP contribution is 2.17. The Morgan fingerprint density at radius 2 is 2.20 bits per heavy atom. The molecular weight excluding hydrogens is 219 g/mol. The molecule has 1 unspecified atom stereocenters. The van der Waals surface area contributed by atoms with Gasteiger partial charge in [0.15, 0.2) is 0 Å². The molecular formula is C9H6FN2O2S-. The van der Waals surface area contributed by atoms with Crippen molar-refractivity contribution in [3.63, 3.8) is 0 Å². The summed E-state index contributed by atoms with van der Waals surface area (Å²) >= 11 is -2.40. The lowest BCUT2D eigenvalue weighted by Gasteiger charge is -2.08. The SMILES string of the molecule is O=S([O-])Nc1cnc2ccc(F)cc2c1. The second-order valence-electron chi connectivity index (χ2n) is 2.90. The van der Waals surface area contributed by atoms with Gasteiger partial charge in [-0.3, -0.25) is 9.19 Å². The first kappa shape index (κ1) is 10.0. The van der Waals surface area contributed by atoms with Crippen LogP contribution in [0.5, 0.6) is 0 Å². The third kappa shape index (κ3) is 2.28. The highest BCUT2D eigenvalue weighted by Gasteiger charge is 1.99. The van der Waals surface area contributed by atoms with Crippen molar-refractivity contribution in [3.8, 4) is 0 Å². The molecule has 1 atom stereocenters. The molecule has 0 aliphatic heterocycles. The number of hydrogen-bond donors (Lipinski definition) is 1. The van der Waals surface area contributed by atoms with Gasteiger partial charge in [0.2, 0.25) is 0 Å². The standard InChI is InChI=1S/C9H7FN2O2S/c10-7-1-2-9-6(3-7)4-8(5-11-9)12-15(13)14/h1-5,12H,(H,13,14)/p-1. The molecule has 4 nitrogen and oxygen atoms in total. The van der Waals surface area contributed by atoms with Gasteiger partial charge in [-0.05, 0) is 24.3 Å². The van der Waals surface area contributed by atoms with Crippen LogP contribution >= 0.6 is 0 Å².